The zero-order valence-corrected chi connectivity index (χ0v) is 10.7. The molecule has 0 aliphatic rings. The first kappa shape index (κ1) is 16.3. The summed E-state index contributed by atoms with van der Waals surface area (Å²) in [6.07, 6.45) is -0.0468. The molecule has 0 heterocycles. The predicted octanol–water partition coefficient (Wildman–Crippen LogP) is 1.45. The maximum Gasteiger partial charge on any atom is 0.407 e. The molecule has 0 spiro atoms. The van der Waals surface area contributed by atoms with Crippen molar-refractivity contribution in [2.24, 2.45) is 0 Å². The van der Waals surface area contributed by atoms with Gasteiger partial charge in [0.2, 0.25) is 5.91 Å². The van der Waals surface area contributed by atoms with Gasteiger partial charge >= 0.3 is 6.09 Å². The van der Waals surface area contributed by atoms with Gasteiger partial charge in [-0.15, -0.1) is 0 Å². The van der Waals surface area contributed by atoms with Crippen molar-refractivity contribution in [3.8, 4) is 0 Å². The lowest BCUT2D eigenvalue weighted by atomic mass is 10.2. The summed E-state index contributed by atoms with van der Waals surface area (Å²) in [4.78, 5) is 21.8. The van der Waals surface area contributed by atoms with Crippen molar-refractivity contribution in [2.45, 2.75) is 32.3 Å². The molecule has 0 aromatic carbocycles. The molecule has 7 heteroatoms. The van der Waals surface area contributed by atoms with Crippen molar-refractivity contribution in [1.29, 1.82) is 0 Å². The van der Waals surface area contributed by atoms with Crippen LogP contribution in [0.1, 0.15) is 20.8 Å². The third-order valence-corrected chi connectivity index (χ3v) is 1.60. The van der Waals surface area contributed by atoms with Crippen LogP contribution in [-0.4, -0.2) is 36.6 Å². The zero-order valence-electron chi connectivity index (χ0n) is 10.7. The van der Waals surface area contributed by atoms with Crippen LogP contribution in [0.4, 0.5) is 13.6 Å². The molecule has 0 bridgehead atoms. The van der Waals surface area contributed by atoms with Gasteiger partial charge in [-0.25, -0.2) is 13.6 Å². The summed E-state index contributed by atoms with van der Waals surface area (Å²) in [6, 6.07) is 0. The van der Waals surface area contributed by atoms with E-state index in [0.717, 1.165) is 6.08 Å². The average Bonchev–Trinajstić information content (AvgIpc) is 2.21. The summed E-state index contributed by atoms with van der Waals surface area (Å²) in [5, 5.41) is 3.88. The number of rotatable bonds is 5. The second-order valence-electron chi connectivity index (χ2n) is 4.63. The van der Waals surface area contributed by atoms with Crippen molar-refractivity contribution in [3.05, 3.63) is 12.7 Å². The molecule has 0 radical (unpaired) electrons. The van der Waals surface area contributed by atoms with Gasteiger partial charge < -0.3 is 15.4 Å². The van der Waals surface area contributed by atoms with E-state index in [1.165, 1.54) is 0 Å². The van der Waals surface area contributed by atoms with Crippen LogP contribution in [0.3, 0.4) is 0 Å². The first-order valence-electron chi connectivity index (χ1n) is 5.31. The van der Waals surface area contributed by atoms with E-state index in [1.54, 1.807) is 20.8 Å². The largest absolute Gasteiger partial charge is 0.444 e. The number of alkyl halides is 2. The lowest BCUT2D eigenvalue weighted by Gasteiger charge is -2.22. The van der Waals surface area contributed by atoms with Crippen LogP contribution in [0.2, 0.25) is 0 Å². The highest BCUT2D eigenvalue weighted by Crippen LogP contribution is 2.11. The summed E-state index contributed by atoms with van der Waals surface area (Å²) in [6.45, 7) is 6.19. The number of amides is 2. The van der Waals surface area contributed by atoms with Gasteiger partial charge in [0.25, 0.3) is 5.92 Å². The summed E-state index contributed by atoms with van der Waals surface area (Å²) in [5.74, 6) is -3.96. The van der Waals surface area contributed by atoms with E-state index in [9.17, 15) is 18.4 Å². The Morgan fingerprint density at radius 3 is 2.17 bits per heavy atom. The molecule has 5 nitrogen and oxygen atoms in total. The van der Waals surface area contributed by atoms with Crippen molar-refractivity contribution in [3.63, 3.8) is 0 Å². The zero-order chi connectivity index (χ0) is 14.4. The molecule has 2 N–H and O–H groups in total. The fourth-order valence-electron chi connectivity index (χ4n) is 0.867. The van der Waals surface area contributed by atoms with Gasteiger partial charge in [0, 0.05) is 0 Å². The van der Waals surface area contributed by atoms with Gasteiger partial charge in [0.1, 0.15) is 5.60 Å². The topological polar surface area (TPSA) is 67.4 Å². The molecule has 0 saturated carbocycles. The van der Waals surface area contributed by atoms with Gasteiger partial charge in [-0.05, 0) is 26.8 Å². The average molecular weight is 264 g/mol. The molecule has 0 unspecified atom stereocenters. The quantitative estimate of drug-likeness (QED) is 0.738. The number of halogens is 2. The SMILES string of the molecule is C=CC(=O)NCC(F)(F)CNC(=O)OC(C)(C)C. The van der Waals surface area contributed by atoms with Crippen LogP contribution < -0.4 is 10.6 Å². The number of hydrogen-bond donors (Lipinski definition) is 2. The molecule has 0 aliphatic heterocycles. The van der Waals surface area contributed by atoms with Gasteiger partial charge in [-0.2, -0.15) is 0 Å². The number of nitrogens with one attached hydrogen (secondary N) is 2. The minimum absolute atomic E-state index is 0.702. The maximum absolute atomic E-state index is 13.2. The summed E-state index contributed by atoms with van der Waals surface area (Å²) >= 11 is 0. The van der Waals surface area contributed by atoms with E-state index in [4.69, 9.17) is 4.74 Å². The summed E-state index contributed by atoms with van der Waals surface area (Å²) in [5.41, 5.74) is -0.754. The first-order chi connectivity index (χ1) is 8.06. The van der Waals surface area contributed by atoms with E-state index in [1.807, 2.05) is 10.6 Å². The molecule has 18 heavy (non-hydrogen) atoms. The fraction of sp³-hybridized carbons (Fsp3) is 0.636. The second-order valence-corrected chi connectivity index (χ2v) is 4.63. The van der Waals surface area contributed by atoms with E-state index >= 15 is 0 Å². The highest BCUT2D eigenvalue weighted by molar-refractivity contribution is 5.86. The highest BCUT2D eigenvalue weighted by Gasteiger charge is 2.30. The lowest BCUT2D eigenvalue weighted by molar-refractivity contribution is -0.118. The Balaban J connectivity index is 4.06. The second kappa shape index (κ2) is 6.32. The van der Waals surface area contributed by atoms with Crippen molar-refractivity contribution in [2.75, 3.05) is 13.1 Å². The van der Waals surface area contributed by atoms with Gasteiger partial charge in [-0.3, -0.25) is 4.79 Å². The number of hydrogen-bond acceptors (Lipinski definition) is 3. The number of ether oxygens (including phenoxy) is 1. The molecular weight excluding hydrogens is 246 g/mol. The summed E-state index contributed by atoms with van der Waals surface area (Å²) < 4.78 is 31.2. The molecular formula is C11H18F2N2O3. The Kier molecular flexibility index (Phi) is 5.74. The van der Waals surface area contributed by atoms with Gasteiger partial charge in [-0.1, -0.05) is 6.58 Å². The van der Waals surface area contributed by atoms with E-state index in [0.29, 0.717) is 0 Å². The Labute approximate surface area is 105 Å². The molecule has 0 saturated heterocycles. The lowest BCUT2D eigenvalue weighted by Crippen LogP contribution is -2.45. The van der Waals surface area contributed by atoms with Gasteiger partial charge in [0.15, 0.2) is 0 Å². The van der Waals surface area contributed by atoms with Crippen LogP contribution in [-0.2, 0) is 9.53 Å². The van der Waals surface area contributed by atoms with Gasteiger partial charge in [0.05, 0.1) is 13.1 Å². The first-order valence-corrected chi connectivity index (χ1v) is 5.31. The molecule has 0 aromatic heterocycles. The number of carbonyl (C=O) groups excluding carboxylic acids is 2. The Bertz CT molecular complexity index is 325. The monoisotopic (exact) mass is 264 g/mol. The van der Waals surface area contributed by atoms with Crippen LogP contribution >= 0.6 is 0 Å². The Hall–Kier alpha value is -1.66. The predicted molar refractivity (Wildman–Crippen MR) is 62.4 cm³/mol. The standard InChI is InChI=1S/C11H18F2N2O3/c1-5-8(16)14-6-11(12,13)7-15-9(17)18-10(2,3)4/h5H,1,6-7H2,2-4H3,(H,14,16)(H,15,17). The van der Waals surface area contributed by atoms with Crippen molar-refractivity contribution in [1.82, 2.24) is 10.6 Å². The molecule has 0 fully saturated rings. The fourth-order valence-corrected chi connectivity index (χ4v) is 0.867. The minimum atomic E-state index is -3.25. The van der Waals surface area contributed by atoms with E-state index in [2.05, 4.69) is 6.58 Å². The van der Waals surface area contributed by atoms with Crippen LogP contribution in [0, 0.1) is 0 Å². The van der Waals surface area contributed by atoms with Crippen LogP contribution in [0.25, 0.3) is 0 Å². The number of carbonyl (C=O) groups is 2. The molecule has 104 valence electrons. The van der Waals surface area contributed by atoms with Crippen LogP contribution in [0.15, 0.2) is 12.7 Å². The molecule has 0 aromatic rings. The van der Waals surface area contributed by atoms with E-state index in [-0.39, 0.29) is 0 Å². The number of alkyl carbamates (subject to hydrolysis) is 1. The molecule has 2 amide bonds. The molecule has 0 rings (SSSR count). The molecule has 0 aliphatic carbocycles. The molecule has 0 atom stereocenters. The highest BCUT2D eigenvalue weighted by atomic mass is 19.3. The Morgan fingerprint density at radius 1 is 1.22 bits per heavy atom. The van der Waals surface area contributed by atoms with Crippen LogP contribution in [0.5, 0.6) is 0 Å². The third kappa shape index (κ3) is 8.49. The third-order valence-electron chi connectivity index (χ3n) is 1.60. The van der Waals surface area contributed by atoms with E-state index < -0.39 is 36.6 Å². The normalized spacial score (nSPS) is 11.6. The minimum Gasteiger partial charge on any atom is -0.444 e. The smallest absolute Gasteiger partial charge is 0.407 e. The Morgan fingerprint density at radius 2 is 1.72 bits per heavy atom. The maximum atomic E-state index is 13.2. The summed E-state index contributed by atoms with van der Waals surface area (Å²) in [7, 11) is 0. The van der Waals surface area contributed by atoms with Crippen molar-refractivity contribution >= 4 is 12.0 Å². The van der Waals surface area contributed by atoms with Crippen molar-refractivity contribution < 1.29 is 23.1 Å².